The molecule has 0 fully saturated rings. The number of hydrogen-bond donors (Lipinski definition) is 0. The van der Waals surface area contributed by atoms with Gasteiger partial charge >= 0.3 is 5.97 Å². The van der Waals surface area contributed by atoms with Crippen LogP contribution in [0.2, 0.25) is 0 Å². The molecule has 0 amide bonds. The van der Waals surface area contributed by atoms with Crippen LogP contribution in [0.3, 0.4) is 0 Å². The van der Waals surface area contributed by atoms with E-state index in [-0.39, 0.29) is 23.4 Å². The number of carbonyl (C=O) groups is 1. The molecule has 2 heterocycles. The Morgan fingerprint density at radius 3 is 2.47 bits per heavy atom. The van der Waals surface area contributed by atoms with E-state index in [2.05, 4.69) is 50.2 Å². The third-order valence-corrected chi connectivity index (χ3v) is 9.39. The van der Waals surface area contributed by atoms with Gasteiger partial charge in [0, 0.05) is 11.6 Å². The summed E-state index contributed by atoms with van der Waals surface area (Å²) in [4.78, 5) is 43.4. The average molecular weight is 821 g/mol. The zero-order valence-electron chi connectivity index (χ0n) is 23.3. The second-order valence-electron chi connectivity index (χ2n) is 9.69. The molecule has 0 aliphatic carbocycles. The number of allylic oxidation sites excluding steroid dienone is 1. The first-order chi connectivity index (χ1) is 20.6. The van der Waals surface area contributed by atoms with Crippen molar-refractivity contribution in [1.29, 1.82) is 0 Å². The first kappa shape index (κ1) is 31.1. The van der Waals surface area contributed by atoms with E-state index in [0.29, 0.717) is 32.8 Å². The molecule has 4 aromatic rings. The topological polar surface area (TPSA) is 113 Å². The molecule has 1 aliphatic heterocycles. The highest BCUT2D eigenvalue weighted by atomic mass is 127. The van der Waals surface area contributed by atoms with Gasteiger partial charge in [0.15, 0.2) is 4.80 Å². The van der Waals surface area contributed by atoms with Crippen LogP contribution in [0, 0.1) is 24.2 Å². The third kappa shape index (κ3) is 6.45. The van der Waals surface area contributed by atoms with Crippen LogP contribution in [-0.4, -0.2) is 22.1 Å². The van der Waals surface area contributed by atoms with Crippen molar-refractivity contribution in [3.8, 4) is 5.75 Å². The number of ether oxygens (including phenoxy) is 2. The molecule has 3 aromatic carbocycles. The Morgan fingerprint density at radius 2 is 1.81 bits per heavy atom. The molecule has 43 heavy (non-hydrogen) atoms. The van der Waals surface area contributed by atoms with Crippen molar-refractivity contribution in [2.24, 2.45) is 4.99 Å². The lowest BCUT2D eigenvalue weighted by Crippen LogP contribution is -2.40. The predicted octanol–water partition coefficient (Wildman–Crippen LogP) is 5.80. The van der Waals surface area contributed by atoms with Crippen molar-refractivity contribution in [1.82, 2.24) is 4.57 Å². The summed E-state index contributed by atoms with van der Waals surface area (Å²) in [6, 6.07) is 17.6. The van der Waals surface area contributed by atoms with Gasteiger partial charge in [0.2, 0.25) is 0 Å². The molecule has 1 atom stereocenters. The number of benzene rings is 3. The van der Waals surface area contributed by atoms with Gasteiger partial charge in [-0.25, -0.2) is 9.79 Å². The van der Waals surface area contributed by atoms with E-state index in [4.69, 9.17) is 9.47 Å². The second-order valence-corrected chi connectivity index (χ2v) is 13.0. The Kier molecular flexibility index (Phi) is 9.46. The first-order valence-corrected chi connectivity index (χ1v) is 16.2. The number of aromatic nitrogens is 1. The van der Waals surface area contributed by atoms with E-state index >= 15 is 0 Å². The molecule has 1 aromatic heterocycles. The molecule has 9 nitrogen and oxygen atoms in total. The average Bonchev–Trinajstić information content (AvgIpc) is 3.26. The Hall–Kier alpha value is -3.37. The summed E-state index contributed by atoms with van der Waals surface area (Å²) >= 11 is 5.64. The van der Waals surface area contributed by atoms with Crippen LogP contribution >= 0.6 is 56.5 Å². The Labute approximate surface area is 278 Å². The molecule has 0 saturated heterocycles. The van der Waals surface area contributed by atoms with Gasteiger partial charge in [-0.3, -0.25) is 19.5 Å². The predicted molar refractivity (Wildman–Crippen MR) is 181 cm³/mol. The quantitative estimate of drug-likeness (QED) is 0.0962. The van der Waals surface area contributed by atoms with E-state index in [1.807, 2.05) is 42.5 Å². The van der Waals surface area contributed by atoms with Gasteiger partial charge in [-0.15, -0.1) is 0 Å². The zero-order chi connectivity index (χ0) is 30.8. The van der Waals surface area contributed by atoms with Gasteiger partial charge in [0.25, 0.3) is 11.2 Å². The highest BCUT2D eigenvalue weighted by Crippen LogP contribution is 2.34. The second kappa shape index (κ2) is 13.1. The van der Waals surface area contributed by atoms with Gasteiger partial charge in [-0.2, -0.15) is 0 Å². The number of aryl methyl sites for hydroxylation is 1. The fourth-order valence-corrected chi connectivity index (χ4v) is 7.96. The monoisotopic (exact) mass is 821 g/mol. The lowest BCUT2D eigenvalue weighted by atomic mass is 9.94. The summed E-state index contributed by atoms with van der Waals surface area (Å²) < 4.78 is 15.1. The summed E-state index contributed by atoms with van der Waals surface area (Å²) in [6.07, 6.45) is 1.78. The lowest BCUT2D eigenvalue weighted by molar-refractivity contribution is -0.385. The largest absolute Gasteiger partial charge is 0.487 e. The van der Waals surface area contributed by atoms with Crippen LogP contribution < -0.4 is 19.6 Å². The van der Waals surface area contributed by atoms with E-state index in [1.54, 1.807) is 39.0 Å². The van der Waals surface area contributed by atoms with Crippen molar-refractivity contribution in [3.05, 3.63) is 131 Å². The number of rotatable bonds is 8. The van der Waals surface area contributed by atoms with Crippen LogP contribution in [0.1, 0.15) is 42.1 Å². The number of nitro groups is 1. The maximum Gasteiger partial charge on any atom is 0.338 e. The van der Waals surface area contributed by atoms with Gasteiger partial charge in [0.1, 0.15) is 12.4 Å². The molecule has 0 saturated carbocycles. The normalized spacial score (nSPS) is 14.7. The first-order valence-electron chi connectivity index (χ1n) is 13.2. The Morgan fingerprint density at radius 1 is 1.12 bits per heavy atom. The van der Waals surface area contributed by atoms with Crippen molar-refractivity contribution >= 4 is 74.3 Å². The summed E-state index contributed by atoms with van der Waals surface area (Å²) in [5.41, 5.74) is 2.86. The SMILES string of the molecule is CCOC(=O)C1=C(C)N=c2s/c(=C/c3cc(I)c(OCc4ccccc4)c(I)c3)c(=O)n2[C@H]1c1ccc(C)c([N+](=O)[O-])c1. The van der Waals surface area contributed by atoms with Gasteiger partial charge < -0.3 is 9.47 Å². The standard InChI is InChI=1S/C31H25I2N3O6S/c1-4-41-30(38)26-18(3)34-31-35(27(26)21-11-10-17(2)24(15-21)36(39)40)29(37)25(43-31)14-20-12-22(32)28(23(33)13-20)42-16-19-8-6-5-7-9-19/h5-15,27H,4,16H2,1-3H3/b25-14+/t27-/m0/s1. The molecule has 1 aliphatic rings. The van der Waals surface area contributed by atoms with Crippen LogP contribution in [0.15, 0.2) is 81.7 Å². The molecule has 0 unspecified atom stereocenters. The van der Waals surface area contributed by atoms with Crippen molar-refractivity contribution in [3.63, 3.8) is 0 Å². The summed E-state index contributed by atoms with van der Waals surface area (Å²) in [5, 5.41) is 11.8. The number of carbonyl (C=O) groups excluding carboxylic acids is 1. The minimum Gasteiger partial charge on any atom is -0.487 e. The van der Waals surface area contributed by atoms with E-state index in [9.17, 15) is 19.7 Å². The molecule has 5 rings (SSSR count). The fraction of sp³-hybridized carbons (Fsp3) is 0.194. The molecular weight excluding hydrogens is 796 g/mol. The summed E-state index contributed by atoms with van der Waals surface area (Å²) in [5.74, 6) is 0.140. The van der Waals surface area contributed by atoms with Crippen LogP contribution in [0.5, 0.6) is 5.75 Å². The van der Waals surface area contributed by atoms with Gasteiger partial charge in [-0.1, -0.05) is 53.8 Å². The zero-order valence-corrected chi connectivity index (χ0v) is 28.4. The lowest BCUT2D eigenvalue weighted by Gasteiger charge is -2.24. The maximum absolute atomic E-state index is 14.0. The number of hydrogen-bond acceptors (Lipinski definition) is 8. The van der Waals surface area contributed by atoms with Crippen LogP contribution in [0.25, 0.3) is 6.08 Å². The number of esters is 1. The van der Waals surface area contributed by atoms with Crippen LogP contribution in [0.4, 0.5) is 5.69 Å². The minimum atomic E-state index is -0.939. The van der Waals surface area contributed by atoms with E-state index in [0.717, 1.165) is 24.0 Å². The highest BCUT2D eigenvalue weighted by Gasteiger charge is 2.34. The van der Waals surface area contributed by atoms with Crippen molar-refractivity contribution in [2.75, 3.05) is 6.61 Å². The molecule has 12 heteroatoms. The fourth-order valence-electron chi connectivity index (χ4n) is 4.78. The molecule has 0 spiro atoms. The number of nitrogens with zero attached hydrogens (tertiary/aromatic N) is 3. The molecule has 0 N–H and O–H groups in total. The van der Waals surface area contributed by atoms with Crippen molar-refractivity contribution < 1.29 is 19.2 Å². The number of halogens is 2. The Bertz CT molecular complexity index is 1940. The number of thiazole rings is 1. The summed E-state index contributed by atoms with van der Waals surface area (Å²) in [7, 11) is 0. The van der Waals surface area contributed by atoms with Gasteiger partial charge in [-0.05, 0) is 101 Å². The Balaban J connectivity index is 1.60. The molecule has 220 valence electrons. The molecular formula is C31H25I2N3O6S. The maximum atomic E-state index is 14.0. The number of fused-ring (bicyclic) bond motifs is 1. The molecule has 0 radical (unpaired) electrons. The molecule has 0 bridgehead atoms. The van der Waals surface area contributed by atoms with E-state index < -0.39 is 16.9 Å². The smallest absolute Gasteiger partial charge is 0.338 e. The highest BCUT2D eigenvalue weighted by molar-refractivity contribution is 14.1. The van der Waals surface area contributed by atoms with Gasteiger partial charge in [0.05, 0.1) is 40.5 Å². The van der Waals surface area contributed by atoms with Crippen LogP contribution in [-0.2, 0) is 16.1 Å². The minimum absolute atomic E-state index is 0.101. The van der Waals surface area contributed by atoms with E-state index in [1.165, 1.54) is 22.0 Å². The third-order valence-electron chi connectivity index (χ3n) is 6.81. The van der Waals surface area contributed by atoms with Crippen molar-refractivity contribution in [2.45, 2.75) is 33.4 Å². The number of nitro benzene ring substituents is 1. The summed E-state index contributed by atoms with van der Waals surface area (Å²) in [6.45, 7) is 5.57.